The Hall–Kier alpha value is -3.23. The largest absolute Gasteiger partial charge is 0.379 e. The van der Waals surface area contributed by atoms with Gasteiger partial charge in [-0.2, -0.15) is 0 Å². The third kappa shape index (κ3) is 4.24. The van der Waals surface area contributed by atoms with Crippen molar-refractivity contribution in [1.29, 1.82) is 0 Å². The van der Waals surface area contributed by atoms with Gasteiger partial charge in [-0.15, -0.1) is 5.10 Å². The van der Waals surface area contributed by atoms with E-state index >= 15 is 0 Å². The van der Waals surface area contributed by atoms with E-state index in [-0.39, 0.29) is 29.8 Å². The molecule has 4 aromatic rings. The summed E-state index contributed by atoms with van der Waals surface area (Å²) in [6.07, 6.45) is 0.664. The Morgan fingerprint density at radius 1 is 1.12 bits per heavy atom. The molecule has 0 radical (unpaired) electrons. The van der Waals surface area contributed by atoms with E-state index in [0.717, 1.165) is 4.68 Å². The molecule has 2 aromatic carbocycles. The Morgan fingerprint density at radius 2 is 1.91 bits per heavy atom. The number of hydrogen-bond acceptors (Lipinski definition) is 5. The smallest absolute Gasteiger partial charge is 0.352 e. The Morgan fingerprint density at radius 3 is 2.66 bits per heavy atom. The van der Waals surface area contributed by atoms with Gasteiger partial charge >= 0.3 is 5.69 Å². The van der Waals surface area contributed by atoms with E-state index in [2.05, 4.69) is 5.10 Å². The number of nitrogens with zero attached hydrogens (tertiary/aromatic N) is 4. The summed E-state index contributed by atoms with van der Waals surface area (Å²) in [5.74, 6) is -0.108. The third-order valence-electron chi connectivity index (χ3n) is 5.10. The highest BCUT2D eigenvalue weighted by molar-refractivity contribution is 6.31. The molecule has 2 aromatic heterocycles. The molecule has 4 rings (SSSR count). The van der Waals surface area contributed by atoms with E-state index < -0.39 is 5.69 Å². The number of carbonyl (C=O) groups excluding carboxylic acids is 1. The number of aromatic nitrogens is 4. The SMILES string of the molecule is CC(C)OCCCn1c(=O)c2ccccc2n2c(=O)n(CC(=O)c3cccc(Cl)c3)nc12. The number of ketones is 1. The highest BCUT2D eigenvalue weighted by Crippen LogP contribution is 2.13. The summed E-state index contributed by atoms with van der Waals surface area (Å²) in [5.41, 5.74) is 0.109. The molecular weight excluding hydrogens is 432 g/mol. The fourth-order valence-electron chi connectivity index (χ4n) is 3.60. The van der Waals surface area contributed by atoms with Crippen LogP contribution in [0.2, 0.25) is 5.02 Å². The molecule has 166 valence electrons. The van der Waals surface area contributed by atoms with Crippen LogP contribution in [0.1, 0.15) is 30.6 Å². The minimum absolute atomic E-state index is 0.0858. The van der Waals surface area contributed by atoms with Crippen molar-refractivity contribution in [2.75, 3.05) is 6.61 Å². The molecule has 0 saturated heterocycles. The number of fused-ring (bicyclic) bond motifs is 3. The number of halogens is 1. The maximum absolute atomic E-state index is 13.2. The molecule has 0 atom stereocenters. The molecule has 0 fully saturated rings. The van der Waals surface area contributed by atoms with Crippen LogP contribution in [0.4, 0.5) is 0 Å². The van der Waals surface area contributed by atoms with E-state index in [4.69, 9.17) is 16.3 Å². The molecule has 2 heterocycles. The topological polar surface area (TPSA) is 87.6 Å². The third-order valence-corrected chi connectivity index (χ3v) is 5.34. The lowest BCUT2D eigenvalue weighted by atomic mass is 10.1. The zero-order chi connectivity index (χ0) is 22.8. The first-order valence-electron chi connectivity index (χ1n) is 10.4. The minimum Gasteiger partial charge on any atom is -0.379 e. The average molecular weight is 455 g/mol. The van der Waals surface area contributed by atoms with Gasteiger partial charge in [0, 0.05) is 23.7 Å². The van der Waals surface area contributed by atoms with Gasteiger partial charge in [0.05, 0.1) is 17.0 Å². The van der Waals surface area contributed by atoms with Crippen LogP contribution < -0.4 is 11.2 Å². The Kier molecular flexibility index (Phi) is 6.25. The lowest BCUT2D eigenvalue weighted by Crippen LogP contribution is -2.28. The molecule has 0 saturated carbocycles. The second-order valence-electron chi connectivity index (χ2n) is 7.76. The minimum atomic E-state index is -0.487. The summed E-state index contributed by atoms with van der Waals surface area (Å²) in [7, 11) is 0. The van der Waals surface area contributed by atoms with Crippen LogP contribution in [0.15, 0.2) is 58.1 Å². The molecule has 0 amide bonds. The Balaban J connectivity index is 1.79. The van der Waals surface area contributed by atoms with Crippen LogP contribution >= 0.6 is 11.6 Å². The van der Waals surface area contributed by atoms with E-state index in [1.807, 2.05) is 13.8 Å². The monoisotopic (exact) mass is 454 g/mol. The van der Waals surface area contributed by atoms with Gasteiger partial charge in [0.1, 0.15) is 6.54 Å². The van der Waals surface area contributed by atoms with Crippen LogP contribution in [-0.4, -0.2) is 37.2 Å². The van der Waals surface area contributed by atoms with E-state index in [1.165, 1.54) is 8.97 Å². The molecule has 0 N–H and O–H groups in total. The highest BCUT2D eigenvalue weighted by atomic mass is 35.5. The Bertz CT molecular complexity index is 1420. The molecule has 0 bridgehead atoms. The molecule has 9 heteroatoms. The lowest BCUT2D eigenvalue weighted by Gasteiger charge is -2.11. The van der Waals surface area contributed by atoms with Gasteiger partial charge in [0.2, 0.25) is 5.78 Å². The van der Waals surface area contributed by atoms with Gasteiger partial charge in [0.15, 0.2) is 5.78 Å². The van der Waals surface area contributed by atoms with Gasteiger partial charge in [0.25, 0.3) is 5.56 Å². The van der Waals surface area contributed by atoms with Crippen molar-refractivity contribution in [3.8, 4) is 0 Å². The van der Waals surface area contributed by atoms with Crippen molar-refractivity contribution in [2.24, 2.45) is 0 Å². The quantitative estimate of drug-likeness (QED) is 0.301. The summed E-state index contributed by atoms with van der Waals surface area (Å²) in [5, 5.41) is 5.20. The zero-order valence-corrected chi connectivity index (χ0v) is 18.6. The number of benzene rings is 2. The zero-order valence-electron chi connectivity index (χ0n) is 17.8. The summed E-state index contributed by atoms with van der Waals surface area (Å²) < 4.78 is 9.51. The van der Waals surface area contributed by atoms with Crippen molar-refractivity contribution in [2.45, 2.75) is 39.5 Å². The van der Waals surface area contributed by atoms with Gasteiger partial charge < -0.3 is 4.74 Å². The van der Waals surface area contributed by atoms with Crippen molar-refractivity contribution in [3.63, 3.8) is 0 Å². The second kappa shape index (κ2) is 9.10. The highest BCUT2D eigenvalue weighted by Gasteiger charge is 2.19. The maximum Gasteiger partial charge on any atom is 0.352 e. The number of rotatable bonds is 8. The average Bonchev–Trinajstić information content (AvgIpc) is 3.09. The Labute approximate surface area is 188 Å². The first kappa shape index (κ1) is 22.0. The molecule has 8 nitrogen and oxygen atoms in total. The summed E-state index contributed by atoms with van der Waals surface area (Å²) >= 11 is 5.98. The van der Waals surface area contributed by atoms with Crippen molar-refractivity contribution in [1.82, 2.24) is 18.7 Å². The molecule has 0 aliphatic carbocycles. The maximum atomic E-state index is 13.2. The molecule has 0 spiro atoms. The molecule has 0 aliphatic heterocycles. The number of aryl methyl sites for hydroxylation is 1. The number of para-hydroxylation sites is 1. The number of Topliss-reactive ketones (excluding diaryl/α,β-unsaturated/α-hetero) is 1. The summed E-state index contributed by atoms with van der Waals surface area (Å²) in [4.78, 5) is 39.1. The summed E-state index contributed by atoms with van der Waals surface area (Å²) in [6.45, 7) is 4.43. The van der Waals surface area contributed by atoms with Gasteiger partial charge in [-0.05, 0) is 44.5 Å². The van der Waals surface area contributed by atoms with Gasteiger partial charge in [-0.25, -0.2) is 13.9 Å². The number of ether oxygens (including phenoxy) is 1. The second-order valence-corrected chi connectivity index (χ2v) is 8.19. The fourth-order valence-corrected chi connectivity index (χ4v) is 3.79. The van der Waals surface area contributed by atoms with Crippen LogP contribution in [0.25, 0.3) is 16.7 Å². The van der Waals surface area contributed by atoms with Crippen LogP contribution in [0.3, 0.4) is 0 Å². The predicted molar refractivity (Wildman–Crippen MR) is 123 cm³/mol. The number of carbonyl (C=O) groups is 1. The van der Waals surface area contributed by atoms with Gasteiger partial charge in [-0.1, -0.05) is 35.9 Å². The predicted octanol–water partition coefficient (Wildman–Crippen LogP) is 3.16. The van der Waals surface area contributed by atoms with Crippen molar-refractivity contribution in [3.05, 3.63) is 80.0 Å². The van der Waals surface area contributed by atoms with E-state index in [1.54, 1.807) is 48.5 Å². The first-order valence-corrected chi connectivity index (χ1v) is 10.8. The van der Waals surface area contributed by atoms with Gasteiger partial charge in [-0.3, -0.25) is 14.2 Å². The molecule has 32 heavy (non-hydrogen) atoms. The first-order chi connectivity index (χ1) is 15.4. The molecular formula is C23H23ClN4O4. The van der Waals surface area contributed by atoms with E-state index in [9.17, 15) is 14.4 Å². The fraction of sp³-hybridized carbons (Fsp3) is 0.304. The van der Waals surface area contributed by atoms with Crippen molar-refractivity contribution >= 4 is 34.1 Å². The molecule has 0 aliphatic rings. The summed E-state index contributed by atoms with van der Waals surface area (Å²) in [6, 6.07) is 13.4. The lowest BCUT2D eigenvalue weighted by molar-refractivity contribution is 0.0748. The number of hydrogen-bond donors (Lipinski definition) is 0. The van der Waals surface area contributed by atoms with Crippen LogP contribution in [0.5, 0.6) is 0 Å². The molecule has 0 unspecified atom stereocenters. The normalized spacial score (nSPS) is 11.6. The van der Waals surface area contributed by atoms with Crippen LogP contribution in [0, 0.1) is 0 Å². The van der Waals surface area contributed by atoms with Crippen molar-refractivity contribution < 1.29 is 9.53 Å². The standard InChI is InChI=1S/C23H23ClN4O4/c1-15(2)32-12-6-11-26-21(30)18-9-3-4-10-19(18)28-22(26)25-27(23(28)31)14-20(29)16-7-5-8-17(24)13-16/h3-5,7-10,13,15H,6,11-12,14H2,1-2H3. The van der Waals surface area contributed by atoms with Crippen LogP contribution in [-0.2, 0) is 17.8 Å². The van der Waals surface area contributed by atoms with E-state index in [0.29, 0.717) is 41.1 Å².